The Morgan fingerprint density at radius 2 is 2.27 bits per heavy atom. The lowest BCUT2D eigenvalue weighted by molar-refractivity contribution is -0.147. The standard InChI is InChI=1S/C11H20N2O2/c1-11(2)8-15-4-3-13(11)10(14)5-9-6-12-7-9/h9,12H,3-8H2,1-2H3. The first-order valence-corrected chi connectivity index (χ1v) is 5.68. The van der Waals surface area contributed by atoms with Gasteiger partial charge in [0.25, 0.3) is 0 Å². The van der Waals surface area contributed by atoms with Crippen molar-refractivity contribution in [2.24, 2.45) is 5.92 Å². The summed E-state index contributed by atoms with van der Waals surface area (Å²) in [5, 5.41) is 3.19. The van der Waals surface area contributed by atoms with Gasteiger partial charge in [-0.1, -0.05) is 0 Å². The molecule has 1 N–H and O–H groups in total. The van der Waals surface area contributed by atoms with E-state index in [0.29, 0.717) is 25.6 Å². The summed E-state index contributed by atoms with van der Waals surface area (Å²) in [5.41, 5.74) is -0.132. The zero-order valence-electron chi connectivity index (χ0n) is 9.58. The van der Waals surface area contributed by atoms with Gasteiger partial charge in [-0.25, -0.2) is 0 Å². The summed E-state index contributed by atoms with van der Waals surface area (Å²) in [5.74, 6) is 0.839. The van der Waals surface area contributed by atoms with Gasteiger partial charge in [0, 0.05) is 13.0 Å². The molecule has 1 amide bonds. The van der Waals surface area contributed by atoms with E-state index in [1.165, 1.54) is 0 Å². The summed E-state index contributed by atoms with van der Waals surface area (Å²) in [6.07, 6.45) is 0.691. The molecule has 4 heteroatoms. The second kappa shape index (κ2) is 4.10. The first kappa shape index (κ1) is 10.9. The van der Waals surface area contributed by atoms with Crippen LogP contribution >= 0.6 is 0 Å². The molecule has 0 spiro atoms. The number of morpholine rings is 1. The van der Waals surface area contributed by atoms with Gasteiger partial charge in [-0.05, 0) is 32.9 Å². The van der Waals surface area contributed by atoms with Crippen LogP contribution in [0.25, 0.3) is 0 Å². The highest BCUT2D eigenvalue weighted by molar-refractivity contribution is 5.77. The maximum Gasteiger partial charge on any atom is 0.223 e. The van der Waals surface area contributed by atoms with Crippen molar-refractivity contribution in [3.8, 4) is 0 Å². The fourth-order valence-corrected chi connectivity index (χ4v) is 2.17. The number of carbonyl (C=O) groups is 1. The molecule has 0 bridgehead atoms. The van der Waals surface area contributed by atoms with Crippen LogP contribution in [0.2, 0.25) is 0 Å². The Labute approximate surface area is 91.0 Å². The van der Waals surface area contributed by atoms with E-state index >= 15 is 0 Å². The van der Waals surface area contributed by atoms with Crippen molar-refractivity contribution in [1.82, 2.24) is 10.2 Å². The molecule has 2 fully saturated rings. The van der Waals surface area contributed by atoms with Crippen molar-refractivity contribution in [3.63, 3.8) is 0 Å². The van der Waals surface area contributed by atoms with E-state index < -0.39 is 0 Å². The van der Waals surface area contributed by atoms with Crippen LogP contribution in [0.5, 0.6) is 0 Å². The van der Waals surface area contributed by atoms with Gasteiger partial charge in [-0.15, -0.1) is 0 Å². The zero-order chi connectivity index (χ0) is 10.9. The lowest BCUT2D eigenvalue weighted by Gasteiger charge is -2.43. The summed E-state index contributed by atoms with van der Waals surface area (Å²) < 4.78 is 5.40. The number of nitrogens with one attached hydrogen (secondary N) is 1. The predicted octanol–water partition coefficient (Wildman–Crippen LogP) is 0.233. The number of nitrogens with zero attached hydrogens (tertiary/aromatic N) is 1. The third-order valence-electron chi connectivity index (χ3n) is 3.28. The molecule has 4 nitrogen and oxygen atoms in total. The Balaban J connectivity index is 1.91. The average molecular weight is 212 g/mol. The van der Waals surface area contributed by atoms with Crippen molar-refractivity contribution in [3.05, 3.63) is 0 Å². The van der Waals surface area contributed by atoms with Gasteiger partial charge in [0.2, 0.25) is 5.91 Å². The molecule has 2 rings (SSSR count). The van der Waals surface area contributed by atoms with Gasteiger partial charge in [0.05, 0.1) is 18.8 Å². The maximum atomic E-state index is 12.1. The minimum atomic E-state index is -0.132. The third kappa shape index (κ3) is 2.32. The molecule has 15 heavy (non-hydrogen) atoms. The molecule has 0 aromatic carbocycles. The number of carbonyl (C=O) groups excluding carboxylic acids is 1. The average Bonchev–Trinajstić information content (AvgIpc) is 2.10. The fourth-order valence-electron chi connectivity index (χ4n) is 2.17. The van der Waals surface area contributed by atoms with E-state index in [0.717, 1.165) is 19.6 Å². The Morgan fingerprint density at radius 1 is 1.53 bits per heavy atom. The molecule has 0 aromatic heterocycles. The first-order valence-electron chi connectivity index (χ1n) is 5.68. The molecular formula is C11H20N2O2. The highest BCUT2D eigenvalue weighted by Gasteiger charge is 2.35. The van der Waals surface area contributed by atoms with Crippen LogP contribution in [0, 0.1) is 5.92 Å². The van der Waals surface area contributed by atoms with Crippen molar-refractivity contribution < 1.29 is 9.53 Å². The minimum absolute atomic E-state index is 0.132. The smallest absolute Gasteiger partial charge is 0.223 e. The van der Waals surface area contributed by atoms with Crippen LogP contribution in [0.1, 0.15) is 20.3 Å². The van der Waals surface area contributed by atoms with E-state index in [1.807, 2.05) is 4.90 Å². The zero-order valence-corrected chi connectivity index (χ0v) is 9.58. The summed E-state index contributed by atoms with van der Waals surface area (Å²) in [4.78, 5) is 14.0. The van der Waals surface area contributed by atoms with E-state index in [9.17, 15) is 4.79 Å². The molecule has 0 aromatic rings. The minimum Gasteiger partial charge on any atom is -0.377 e. The summed E-state index contributed by atoms with van der Waals surface area (Å²) in [6, 6.07) is 0. The molecule has 86 valence electrons. The molecule has 2 aliphatic heterocycles. The third-order valence-corrected chi connectivity index (χ3v) is 3.28. The first-order chi connectivity index (χ1) is 7.09. The molecule has 2 saturated heterocycles. The van der Waals surface area contributed by atoms with Gasteiger partial charge in [0.1, 0.15) is 0 Å². The van der Waals surface area contributed by atoms with E-state index in [4.69, 9.17) is 4.74 Å². The van der Waals surface area contributed by atoms with Crippen molar-refractivity contribution in [2.45, 2.75) is 25.8 Å². The molecule has 0 saturated carbocycles. The summed E-state index contributed by atoms with van der Waals surface area (Å²) in [7, 11) is 0. The quantitative estimate of drug-likeness (QED) is 0.712. The van der Waals surface area contributed by atoms with Gasteiger partial charge < -0.3 is 15.0 Å². The number of rotatable bonds is 2. The summed E-state index contributed by atoms with van der Waals surface area (Å²) in [6.45, 7) is 8.21. The Kier molecular flexibility index (Phi) is 2.98. The van der Waals surface area contributed by atoms with Crippen molar-refractivity contribution in [1.29, 1.82) is 0 Å². The summed E-state index contributed by atoms with van der Waals surface area (Å²) >= 11 is 0. The monoisotopic (exact) mass is 212 g/mol. The maximum absolute atomic E-state index is 12.1. The molecule has 0 atom stereocenters. The molecule has 2 heterocycles. The lowest BCUT2D eigenvalue weighted by Crippen LogP contribution is -2.56. The van der Waals surface area contributed by atoms with Gasteiger partial charge in [-0.3, -0.25) is 4.79 Å². The number of amides is 1. The van der Waals surface area contributed by atoms with Crippen molar-refractivity contribution >= 4 is 5.91 Å². The van der Waals surface area contributed by atoms with E-state index in [-0.39, 0.29) is 11.4 Å². The molecule has 0 aliphatic carbocycles. The second-order valence-corrected chi connectivity index (χ2v) is 5.14. The Bertz CT molecular complexity index is 249. The van der Waals surface area contributed by atoms with Crippen molar-refractivity contribution in [2.75, 3.05) is 32.8 Å². The lowest BCUT2D eigenvalue weighted by atomic mass is 9.96. The number of hydrogen-bond acceptors (Lipinski definition) is 3. The fraction of sp³-hybridized carbons (Fsp3) is 0.909. The van der Waals surface area contributed by atoms with Gasteiger partial charge >= 0.3 is 0 Å². The second-order valence-electron chi connectivity index (χ2n) is 5.14. The molecule has 0 radical (unpaired) electrons. The van der Waals surface area contributed by atoms with Crippen LogP contribution < -0.4 is 5.32 Å². The van der Waals surface area contributed by atoms with Gasteiger partial charge in [0.15, 0.2) is 0 Å². The van der Waals surface area contributed by atoms with Gasteiger partial charge in [-0.2, -0.15) is 0 Å². The topological polar surface area (TPSA) is 41.6 Å². The number of ether oxygens (including phenoxy) is 1. The Morgan fingerprint density at radius 3 is 2.80 bits per heavy atom. The van der Waals surface area contributed by atoms with E-state index in [2.05, 4.69) is 19.2 Å². The van der Waals surface area contributed by atoms with Crippen LogP contribution in [0.4, 0.5) is 0 Å². The number of hydrogen-bond donors (Lipinski definition) is 1. The van der Waals surface area contributed by atoms with Crippen LogP contribution in [-0.4, -0.2) is 49.2 Å². The molecule has 0 unspecified atom stereocenters. The normalized spacial score (nSPS) is 26.1. The molecular weight excluding hydrogens is 192 g/mol. The van der Waals surface area contributed by atoms with Crippen LogP contribution in [0.3, 0.4) is 0 Å². The van der Waals surface area contributed by atoms with E-state index in [1.54, 1.807) is 0 Å². The highest BCUT2D eigenvalue weighted by Crippen LogP contribution is 2.22. The Hall–Kier alpha value is -0.610. The predicted molar refractivity (Wildman–Crippen MR) is 57.6 cm³/mol. The van der Waals surface area contributed by atoms with Crippen LogP contribution in [-0.2, 0) is 9.53 Å². The molecule has 2 aliphatic rings. The SMILES string of the molecule is CC1(C)COCCN1C(=O)CC1CNC1. The van der Waals surface area contributed by atoms with Crippen LogP contribution in [0.15, 0.2) is 0 Å². The highest BCUT2D eigenvalue weighted by atomic mass is 16.5. The largest absolute Gasteiger partial charge is 0.377 e.